The summed E-state index contributed by atoms with van der Waals surface area (Å²) in [6, 6.07) is 2.06. The molecule has 0 spiro atoms. The van der Waals surface area contributed by atoms with Gasteiger partial charge in [-0.15, -0.1) is 0 Å². The number of nitrogens with zero attached hydrogens (tertiary/aromatic N) is 8. The Labute approximate surface area is 152 Å². The van der Waals surface area contributed by atoms with Crippen LogP contribution < -0.4 is 14.7 Å². The van der Waals surface area contributed by atoms with E-state index in [1.54, 1.807) is 6.33 Å². The summed E-state index contributed by atoms with van der Waals surface area (Å²) >= 11 is 0. The van der Waals surface area contributed by atoms with Crippen molar-refractivity contribution in [2.45, 2.75) is 0 Å². The first kappa shape index (κ1) is 16.9. The predicted molar refractivity (Wildman–Crippen MR) is 98.2 cm³/mol. The molecule has 8 nitrogen and oxygen atoms in total. The average molecular weight is 358 g/mol. The molecule has 0 N–H and O–H groups in total. The minimum absolute atomic E-state index is 0.375. The van der Waals surface area contributed by atoms with E-state index >= 15 is 0 Å². The molecule has 26 heavy (non-hydrogen) atoms. The summed E-state index contributed by atoms with van der Waals surface area (Å²) in [5.41, 5.74) is 0. The molecule has 0 aromatic carbocycles. The standard InChI is InChI=1S/C17H23FN8/c1-23-2-4-24(5-3-23)15-10-16(21-13-20-15)25-6-8-26(9-7-25)17-14(18)11-19-12-22-17/h10-13H,2-9H2,1H3. The van der Waals surface area contributed by atoms with Crippen molar-refractivity contribution >= 4 is 17.5 Å². The number of anilines is 3. The summed E-state index contributed by atoms with van der Waals surface area (Å²) in [6.07, 6.45) is 4.23. The number of hydrogen-bond donors (Lipinski definition) is 0. The van der Waals surface area contributed by atoms with E-state index in [-0.39, 0.29) is 5.82 Å². The summed E-state index contributed by atoms with van der Waals surface area (Å²) in [4.78, 5) is 25.5. The molecule has 138 valence electrons. The maximum atomic E-state index is 13.9. The van der Waals surface area contributed by atoms with Crippen LogP contribution in [0.2, 0.25) is 0 Å². The Morgan fingerprint density at radius 3 is 1.96 bits per heavy atom. The van der Waals surface area contributed by atoms with Crippen LogP contribution in [0.15, 0.2) is 24.9 Å². The van der Waals surface area contributed by atoms with Gasteiger partial charge in [-0.05, 0) is 7.05 Å². The third kappa shape index (κ3) is 3.52. The minimum atomic E-state index is -0.375. The van der Waals surface area contributed by atoms with E-state index in [4.69, 9.17) is 0 Å². The third-order valence-corrected chi connectivity index (χ3v) is 5.02. The molecule has 9 heteroatoms. The highest BCUT2D eigenvalue weighted by molar-refractivity contribution is 5.52. The van der Waals surface area contributed by atoms with Gasteiger partial charge in [-0.25, -0.2) is 24.3 Å². The SMILES string of the molecule is CN1CCN(c2cc(N3CCN(c4ncncc4F)CC3)ncn2)CC1. The first-order valence-corrected chi connectivity index (χ1v) is 8.91. The molecule has 4 rings (SSSR count). The van der Waals surface area contributed by atoms with Gasteiger partial charge in [0.1, 0.15) is 24.3 Å². The van der Waals surface area contributed by atoms with Crippen molar-refractivity contribution in [2.75, 3.05) is 74.1 Å². The molecule has 2 aliphatic heterocycles. The zero-order chi connectivity index (χ0) is 17.9. The molecular weight excluding hydrogens is 335 g/mol. The van der Waals surface area contributed by atoms with Crippen LogP contribution in [-0.2, 0) is 0 Å². The molecule has 0 amide bonds. The first-order chi connectivity index (χ1) is 12.7. The molecule has 2 aliphatic rings. The van der Waals surface area contributed by atoms with Gasteiger partial charge in [0, 0.05) is 58.4 Å². The number of rotatable bonds is 3. The lowest BCUT2D eigenvalue weighted by Crippen LogP contribution is -2.47. The lowest BCUT2D eigenvalue weighted by atomic mass is 10.3. The van der Waals surface area contributed by atoms with E-state index in [1.165, 1.54) is 12.5 Å². The molecule has 2 saturated heterocycles. The first-order valence-electron chi connectivity index (χ1n) is 8.91. The lowest BCUT2D eigenvalue weighted by molar-refractivity contribution is 0.312. The highest BCUT2D eigenvalue weighted by Crippen LogP contribution is 2.22. The minimum Gasteiger partial charge on any atom is -0.354 e. The van der Waals surface area contributed by atoms with Crippen molar-refractivity contribution in [1.29, 1.82) is 0 Å². The summed E-state index contributed by atoms with van der Waals surface area (Å²) < 4.78 is 13.9. The van der Waals surface area contributed by atoms with Crippen molar-refractivity contribution < 1.29 is 4.39 Å². The molecular formula is C17H23FN8. The quantitative estimate of drug-likeness (QED) is 0.785. The maximum Gasteiger partial charge on any atom is 0.183 e. The van der Waals surface area contributed by atoms with Gasteiger partial charge in [-0.3, -0.25) is 0 Å². The Morgan fingerprint density at radius 1 is 0.769 bits per heavy atom. The fourth-order valence-corrected chi connectivity index (χ4v) is 3.40. The second kappa shape index (κ2) is 7.36. The van der Waals surface area contributed by atoms with Gasteiger partial charge in [-0.2, -0.15) is 0 Å². The van der Waals surface area contributed by atoms with Crippen LogP contribution >= 0.6 is 0 Å². The van der Waals surface area contributed by atoms with Crippen molar-refractivity contribution in [2.24, 2.45) is 0 Å². The second-order valence-corrected chi connectivity index (χ2v) is 6.69. The topological polar surface area (TPSA) is 64.5 Å². The van der Waals surface area contributed by atoms with Gasteiger partial charge < -0.3 is 19.6 Å². The predicted octanol–water partition coefficient (Wildman–Crippen LogP) is 0.484. The fourth-order valence-electron chi connectivity index (χ4n) is 3.40. The van der Waals surface area contributed by atoms with E-state index < -0.39 is 0 Å². The molecule has 0 radical (unpaired) electrons. The van der Waals surface area contributed by atoms with E-state index in [1.807, 2.05) is 4.90 Å². The van der Waals surface area contributed by atoms with Crippen LogP contribution in [0.25, 0.3) is 0 Å². The molecule has 4 heterocycles. The lowest BCUT2D eigenvalue weighted by Gasteiger charge is -2.37. The Bertz CT molecular complexity index is 741. The Morgan fingerprint density at radius 2 is 1.35 bits per heavy atom. The van der Waals surface area contributed by atoms with Crippen LogP contribution in [0, 0.1) is 5.82 Å². The number of piperazine rings is 2. The molecule has 2 fully saturated rings. The van der Waals surface area contributed by atoms with Crippen LogP contribution in [0.4, 0.5) is 21.8 Å². The molecule has 2 aromatic rings. The third-order valence-electron chi connectivity index (χ3n) is 5.02. The zero-order valence-corrected chi connectivity index (χ0v) is 14.9. The number of halogens is 1. The van der Waals surface area contributed by atoms with Crippen LogP contribution in [0.1, 0.15) is 0 Å². The molecule has 0 bridgehead atoms. The number of aromatic nitrogens is 4. The van der Waals surface area contributed by atoms with Crippen molar-refractivity contribution in [3.05, 3.63) is 30.7 Å². The van der Waals surface area contributed by atoms with Gasteiger partial charge in [-0.1, -0.05) is 0 Å². The van der Waals surface area contributed by atoms with Crippen LogP contribution in [0.3, 0.4) is 0 Å². The number of hydrogen-bond acceptors (Lipinski definition) is 8. The summed E-state index contributed by atoms with van der Waals surface area (Å²) in [5, 5.41) is 0. The Balaban J connectivity index is 1.42. The Kier molecular flexibility index (Phi) is 4.79. The highest BCUT2D eigenvalue weighted by atomic mass is 19.1. The second-order valence-electron chi connectivity index (χ2n) is 6.69. The maximum absolute atomic E-state index is 13.9. The van der Waals surface area contributed by atoms with E-state index in [0.717, 1.165) is 50.9 Å². The smallest absolute Gasteiger partial charge is 0.183 e. The van der Waals surface area contributed by atoms with E-state index in [2.05, 4.69) is 47.7 Å². The molecule has 0 atom stereocenters. The van der Waals surface area contributed by atoms with Gasteiger partial charge >= 0.3 is 0 Å². The van der Waals surface area contributed by atoms with E-state index in [9.17, 15) is 4.39 Å². The van der Waals surface area contributed by atoms with Crippen LogP contribution in [0.5, 0.6) is 0 Å². The van der Waals surface area contributed by atoms with Crippen molar-refractivity contribution in [3.8, 4) is 0 Å². The van der Waals surface area contributed by atoms with Gasteiger partial charge in [0.2, 0.25) is 0 Å². The van der Waals surface area contributed by atoms with Gasteiger partial charge in [0.05, 0.1) is 6.20 Å². The van der Waals surface area contributed by atoms with Gasteiger partial charge in [0.25, 0.3) is 0 Å². The van der Waals surface area contributed by atoms with Crippen molar-refractivity contribution in [1.82, 2.24) is 24.8 Å². The van der Waals surface area contributed by atoms with Gasteiger partial charge in [0.15, 0.2) is 11.6 Å². The average Bonchev–Trinajstić information content (AvgIpc) is 2.69. The fraction of sp³-hybridized carbons (Fsp3) is 0.529. The number of likely N-dealkylation sites (N-methyl/N-ethyl adjacent to an activating group) is 1. The van der Waals surface area contributed by atoms with E-state index in [0.29, 0.717) is 18.9 Å². The van der Waals surface area contributed by atoms with Crippen molar-refractivity contribution in [3.63, 3.8) is 0 Å². The molecule has 0 aliphatic carbocycles. The molecule has 2 aromatic heterocycles. The largest absolute Gasteiger partial charge is 0.354 e. The normalized spacial score (nSPS) is 19.1. The monoisotopic (exact) mass is 358 g/mol. The molecule has 0 unspecified atom stereocenters. The highest BCUT2D eigenvalue weighted by Gasteiger charge is 2.22. The summed E-state index contributed by atoms with van der Waals surface area (Å²) in [7, 11) is 2.14. The Hall–Kier alpha value is -2.55. The zero-order valence-electron chi connectivity index (χ0n) is 14.9. The molecule has 0 saturated carbocycles. The summed E-state index contributed by atoms with van der Waals surface area (Å²) in [6.45, 7) is 6.97. The summed E-state index contributed by atoms with van der Waals surface area (Å²) in [5.74, 6) is 1.91. The van der Waals surface area contributed by atoms with Crippen LogP contribution in [-0.4, -0.2) is 84.2 Å².